The Morgan fingerprint density at radius 2 is 1.89 bits per heavy atom. The lowest BCUT2D eigenvalue weighted by Gasteiger charge is -2.20. The SMILES string of the molecule is CCC(C)C(C)NS(=O)(=O)c1cc(Br)ccc1Br. The van der Waals surface area contributed by atoms with Gasteiger partial charge in [0.25, 0.3) is 0 Å². The zero-order valence-corrected chi connectivity index (χ0v) is 14.6. The van der Waals surface area contributed by atoms with Gasteiger partial charge in [0.1, 0.15) is 0 Å². The monoisotopic (exact) mass is 397 g/mol. The van der Waals surface area contributed by atoms with Crippen LogP contribution in [0.2, 0.25) is 0 Å². The number of sulfonamides is 1. The minimum absolute atomic E-state index is 0.0918. The lowest BCUT2D eigenvalue weighted by atomic mass is 10.0. The minimum Gasteiger partial charge on any atom is -0.208 e. The van der Waals surface area contributed by atoms with E-state index in [1.165, 1.54) is 0 Å². The van der Waals surface area contributed by atoms with Crippen molar-refractivity contribution in [3.05, 3.63) is 27.1 Å². The Balaban J connectivity index is 3.03. The highest BCUT2D eigenvalue weighted by Crippen LogP contribution is 2.26. The summed E-state index contributed by atoms with van der Waals surface area (Å²) in [6.07, 6.45) is 0.934. The maximum Gasteiger partial charge on any atom is 0.241 e. The van der Waals surface area contributed by atoms with Gasteiger partial charge in [-0.1, -0.05) is 36.2 Å². The molecule has 0 radical (unpaired) electrons. The zero-order chi connectivity index (χ0) is 13.9. The van der Waals surface area contributed by atoms with Crippen LogP contribution in [-0.2, 0) is 10.0 Å². The molecule has 2 atom stereocenters. The predicted octanol–water partition coefficient (Wildman–Crippen LogP) is 3.92. The van der Waals surface area contributed by atoms with E-state index in [9.17, 15) is 8.42 Å². The number of nitrogens with one attached hydrogen (secondary N) is 1. The molecule has 6 heteroatoms. The molecule has 0 aliphatic carbocycles. The van der Waals surface area contributed by atoms with Crippen LogP contribution >= 0.6 is 31.9 Å². The van der Waals surface area contributed by atoms with E-state index in [4.69, 9.17) is 0 Å². The molecule has 0 aromatic heterocycles. The third-order valence-corrected chi connectivity index (χ3v) is 6.07. The van der Waals surface area contributed by atoms with Crippen molar-refractivity contribution in [1.29, 1.82) is 0 Å². The van der Waals surface area contributed by atoms with Crippen LogP contribution in [0.15, 0.2) is 32.0 Å². The van der Waals surface area contributed by atoms with E-state index in [0.717, 1.165) is 10.9 Å². The third-order valence-electron chi connectivity index (χ3n) is 3.02. The molecule has 2 unspecified atom stereocenters. The van der Waals surface area contributed by atoms with Gasteiger partial charge >= 0.3 is 0 Å². The Morgan fingerprint density at radius 1 is 1.28 bits per heavy atom. The first-order chi connectivity index (χ1) is 8.27. The van der Waals surface area contributed by atoms with Gasteiger partial charge in [0.2, 0.25) is 10.0 Å². The molecule has 18 heavy (non-hydrogen) atoms. The summed E-state index contributed by atoms with van der Waals surface area (Å²) in [5, 5.41) is 0. The molecule has 0 aliphatic rings. The van der Waals surface area contributed by atoms with Crippen molar-refractivity contribution in [2.24, 2.45) is 5.92 Å². The van der Waals surface area contributed by atoms with Crippen LogP contribution in [0.1, 0.15) is 27.2 Å². The molecule has 0 saturated heterocycles. The molecule has 102 valence electrons. The van der Waals surface area contributed by atoms with Crippen LogP contribution in [0.4, 0.5) is 0 Å². The summed E-state index contributed by atoms with van der Waals surface area (Å²) in [6, 6.07) is 5.01. The van der Waals surface area contributed by atoms with Crippen LogP contribution in [0.3, 0.4) is 0 Å². The molecule has 0 aliphatic heterocycles. The molecule has 0 bridgehead atoms. The van der Waals surface area contributed by atoms with Crippen LogP contribution in [0.5, 0.6) is 0 Å². The first-order valence-electron chi connectivity index (χ1n) is 5.75. The van der Waals surface area contributed by atoms with Gasteiger partial charge in [0, 0.05) is 15.0 Å². The van der Waals surface area contributed by atoms with Gasteiger partial charge < -0.3 is 0 Å². The Bertz CT molecular complexity index is 517. The lowest BCUT2D eigenvalue weighted by Crippen LogP contribution is -2.37. The third kappa shape index (κ3) is 4.05. The standard InChI is InChI=1S/C12H17Br2NO2S/c1-4-8(2)9(3)15-18(16,17)12-7-10(13)5-6-11(12)14/h5-9,15H,4H2,1-3H3. The highest BCUT2D eigenvalue weighted by Gasteiger charge is 2.22. The van der Waals surface area contributed by atoms with Crippen molar-refractivity contribution in [3.63, 3.8) is 0 Å². The second kappa shape index (κ2) is 6.50. The molecule has 1 rings (SSSR count). The molecule has 1 aromatic rings. The molecule has 0 saturated carbocycles. The molecule has 1 aromatic carbocycles. The van der Waals surface area contributed by atoms with E-state index in [2.05, 4.69) is 36.6 Å². The van der Waals surface area contributed by atoms with E-state index in [1.54, 1.807) is 18.2 Å². The maximum atomic E-state index is 12.3. The number of hydrogen-bond donors (Lipinski definition) is 1. The van der Waals surface area contributed by atoms with Gasteiger partial charge in [-0.15, -0.1) is 0 Å². The summed E-state index contributed by atoms with van der Waals surface area (Å²) in [6.45, 7) is 5.96. The van der Waals surface area contributed by atoms with Gasteiger partial charge in [-0.3, -0.25) is 0 Å². The summed E-state index contributed by atoms with van der Waals surface area (Å²) in [4.78, 5) is 0.257. The van der Waals surface area contributed by atoms with E-state index in [-0.39, 0.29) is 10.9 Å². The fraction of sp³-hybridized carbons (Fsp3) is 0.500. The average Bonchev–Trinajstić information content (AvgIpc) is 2.30. The quantitative estimate of drug-likeness (QED) is 0.816. The van der Waals surface area contributed by atoms with Crippen LogP contribution in [-0.4, -0.2) is 14.5 Å². The van der Waals surface area contributed by atoms with E-state index < -0.39 is 10.0 Å². The van der Waals surface area contributed by atoms with Crippen molar-refractivity contribution in [1.82, 2.24) is 4.72 Å². The smallest absolute Gasteiger partial charge is 0.208 e. The Morgan fingerprint density at radius 3 is 2.44 bits per heavy atom. The van der Waals surface area contributed by atoms with Crippen molar-refractivity contribution in [2.75, 3.05) is 0 Å². The molecule has 0 amide bonds. The highest BCUT2D eigenvalue weighted by atomic mass is 79.9. The van der Waals surface area contributed by atoms with Gasteiger partial charge in [-0.05, 0) is 47.0 Å². The van der Waals surface area contributed by atoms with Crippen LogP contribution < -0.4 is 4.72 Å². The van der Waals surface area contributed by atoms with E-state index >= 15 is 0 Å². The van der Waals surface area contributed by atoms with Gasteiger partial charge in [-0.2, -0.15) is 0 Å². The Kier molecular flexibility index (Phi) is 5.83. The predicted molar refractivity (Wildman–Crippen MR) is 81.1 cm³/mol. The van der Waals surface area contributed by atoms with Crippen LogP contribution in [0, 0.1) is 5.92 Å². The van der Waals surface area contributed by atoms with Gasteiger partial charge in [0.15, 0.2) is 0 Å². The molecule has 3 nitrogen and oxygen atoms in total. The zero-order valence-electron chi connectivity index (χ0n) is 10.6. The molecule has 1 N–H and O–H groups in total. The van der Waals surface area contributed by atoms with Crippen molar-refractivity contribution >= 4 is 41.9 Å². The maximum absolute atomic E-state index is 12.3. The van der Waals surface area contributed by atoms with Crippen molar-refractivity contribution in [3.8, 4) is 0 Å². The minimum atomic E-state index is -3.49. The molecule has 0 spiro atoms. The number of rotatable bonds is 5. The molecular formula is C12H17Br2NO2S. The fourth-order valence-corrected chi connectivity index (χ4v) is 4.32. The average molecular weight is 399 g/mol. The highest BCUT2D eigenvalue weighted by molar-refractivity contribution is 9.11. The fourth-order valence-electron chi connectivity index (χ4n) is 1.46. The summed E-state index contributed by atoms with van der Waals surface area (Å²) >= 11 is 6.55. The first-order valence-corrected chi connectivity index (χ1v) is 8.82. The molecular weight excluding hydrogens is 382 g/mol. The number of halogens is 2. The van der Waals surface area contributed by atoms with Gasteiger partial charge in [0.05, 0.1) is 4.90 Å². The number of benzene rings is 1. The Labute approximate surface area is 126 Å². The topological polar surface area (TPSA) is 46.2 Å². The normalized spacial score (nSPS) is 15.4. The second-order valence-corrected chi connectivity index (χ2v) is 7.82. The van der Waals surface area contributed by atoms with Crippen LogP contribution in [0.25, 0.3) is 0 Å². The Hall–Kier alpha value is 0.0900. The van der Waals surface area contributed by atoms with E-state index in [0.29, 0.717) is 10.4 Å². The first kappa shape index (κ1) is 16.1. The summed E-state index contributed by atoms with van der Waals surface area (Å²) in [7, 11) is -3.49. The van der Waals surface area contributed by atoms with Gasteiger partial charge in [-0.25, -0.2) is 13.1 Å². The molecule has 0 heterocycles. The lowest BCUT2D eigenvalue weighted by molar-refractivity contribution is 0.434. The summed E-state index contributed by atoms with van der Waals surface area (Å²) in [5.41, 5.74) is 0. The van der Waals surface area contributed by atoms with Crippen molar-refractivity contribution in [2.45, 2.75) is 38.1 Å². The van der Waals surface area contributed by atoms with Crippen molar-refractivity contribution < 1.29 is 8.42 Å². The van der Waals surface area contributed by atoms with E-state index in [1.807, 2.05) is 20.8 Å². The summed E-state index contributed by atoms with van der Waals surface area (Å²) in [5.74, 6) is 0.297. The summed E-state index contributed by atoms with van der Waals surface area (Å²) < 4.78 is 28.6. The second-order valence-electron chi connectivity index (χ2n) is 4.37. The molecule has 0 fully saturated rings. The largest absolute Gasteiger partial charge is 0.241 e. The number of hydrogen-bond acceptors (Lipinski definition) is 2.